The minimum Gasteiger partial charge on any atom is -0.372 e. The number of aromatic nitrogens is 2. The number of rotatable bonds is 2. The predicted molar refractivity (Wildman–Crippen MR) is 128 cm³/mol. The van der Waals surface area contributed by atoms with Gasteiger partial charge in [0, 0.05) is 43.8 Å². The van der Waals surface area contributed by atoms with Crippen molar-refractivity contribution in [3.63, 3.8) is 0 Å². The van der Waals surface area contributed by atoms with Crippen LogP contribution < -0.4 is 10.6 Å². The van der Waals surface area contributed by atoms with Gasteiger partial charge in [-0.3, -0.25) is 9.97 Å². The van der Waals surface area contributed by atoms with Crippen LogP contribution in [0.5, 0.6) is 0 Å². The molecule has 0 saturated heterocycles. The Morgan fingerprint density at radius 1 is 0.600 bits per heavy atom. The highest BCUT2D eigenvalue weighted by atomic mass is 79.9. The Morgan fingerprint density at radius 3 is 1.47 bits per heavy atom. The quantitative estimate of drug-likeness (QED) is 0.307. The van der Waals surface area contributed by atoms with E-state index in [9.17, 15) is 0 Å². The normalized spacial score (nSPS) is 17.5. The molecule has 0 spiro atoms. The minimum absolute atomic E-state index is 0.101. The second-order valence-corrected chi connectivity index (χ2v) is 8.96. The molecule has 0 fully saturated rings. The molecule has 0 saturated carbocycles. The molecule has 0 amide bonds. The van der Waals surface area contributed by atoms with Gasteiger partial charge in [-0.25, -0.2) is 0 Å². The standard InChI is InChI=1S/C24H18Br2N4/c25-15-7-9-19-17(13-15)23(21-5-1-3-11-27-21)29-20-10-8-16(26)14-18(20)24(30-19)22-6-2-4-12-28-22/h1-14,23-24,29-30H. The summed E-state index contributed by atoms with van der Waals surface area (Å²) in [5.74, 6) is 0. The van der Waals surface area contributed by atoms with E-state index in [-0.39, 0.29) is 12.1 Å². The lowest BCUT2D eigenvalue weighted by atomic mass is 9.94. The van der Waals surface area contributed by atoms with Crippen molar-refractivity contribution in [3.8, 4) is 0 Å². The molecule has 2 N–H and O–H groups in total. The summed E-state index contributed by atoms with van der Waals surface area (Å²) >= 11 is 7.28. The van der Waals surface area contributed by atoms with Gasteiger partial charge in [-0.1, -0.05) is 44.0 Å². The molecule has 6 heteroatoms. The molecule has 0 radical (unpaired) electrons. The fourth-order valence-electron chi connectivity index (χ4n) is 3.83. The van der Waals surface area contributed by atoms with E-state index < -0.39 is 0 Å². The summed E-state index contributed by atoms with van der Waals surface area (Å²) < 4.78 is 2.05. The van der Waals surface area contributed by atoms with E-state index in [0.29, 0.717) is 0 Å². The van der Waals surface area contributed by atoms with Gasteiger partial charge >= 0.3 is 0 Å². The molecule has 0 aliphatic carbocycles. The van der Waals surface area contributed by atoms with Gasteiger partial charge in [-0.05, 0) is 60.7 Å². The fourth-order valence-corrected chi connectivity index (χ4v) is 4.59. The second kappa shape index (κ2) is 8.20. The topological polar surface area (TPSA) is 49.8 Å². The Hall–Kier alpha value is -2.70. The van der Waals surface area contributed by atoms with Crippen LogP contribution in [0.4, 0.5) is 11.4 Å². The van der Waals surface area contributed by atoms with Gasteiger partial charge in [0.05, 0.1) is 23.5 Å². The zero-order chi connectivity index (χ0) is 20.5. The third kappa shape index (κ3) is 3.73. The number of hydrogen-bond donors (Lipinski definition) is 2. The molecule has 1 aliphatic rings. The number of halogens is 2. The summed E-state index contributed by atoms with van der Waals surface area (Å²) in [7, 11) is 0. The molecule has 2 atom stereocenters. The number of benzene rings is 2. The lowest BCUT2D eigenvalue weighted by Crippen LogP contribution is -2.24. The van der Waals surface area contributed by atoms with Crippen LogP contribution in [-0.4, -0.2) is 9.97 Å². The summed E-state index contributed by atoms with van der Waals surface area (Å²) in [4.78, 5) is 9.29. The number of nitrogens with zero attached hydrogens (tertiary/aromatic N) is 2. The van der Waals surface area contributed by atoms with E-state index in [0.717, 1.165) is 42.8 Å². The van der Waals surface area contributed by atoms with Crippen molar-refractivity contribution in [2.75, 3.05) is 10.6 Å². The van der Waals surface area contributed by atoms with Gasteiger partial charge in [0.25, 0.3) is 0 Å². The maximum atomic E-state index is 4.64. The molecule has 2 unspecified atom stereocenters. The molecule has 4 aromatic rings. The van der Waals surface area contributed by atoms with E-state index in [1.807, 2.05) is 36.7 Å². The van der Waals surface area contributed by atoms with E-state index in [1.165, 1.54) is 0 Å². The largest absolute Gasteiger partial charge is 0.372 e. The maximum Gasteiger partial charge on any atom is 0.0960 e. The fraction of sp³-hybridized carbons (Fsp3) is 0.0833. The van der Waals surface area contributed by atoms with Crippen LogP contribution in [0.3, 0.4) is 0 Å². The SMILES string of the molecule is Brc1ccc2c(c1)C(c1ccccn1)Nc1ccc(Br)cc1C(c1ccccn1)N2. The summed E-state index contributed by atoms with van der Waals surface area (Å²) in [5, 5.41) is 7.51. The van der Waals surface area contributed by atoms with E-state index in [2.05, 4.69) is 101 Å². The van der Waals surface area contributed by atoms with Gasteiger partial charge < -0.3 is 10.6 Å². The maximum absolute atomic E-state index is 4.64. The third-order valence-corrected chi connectivity index (χ3v) is 6.20. The van der Waals surface area contributed by atoms with Gasteiger partial charge in [0.15, 0.2) is 0 Å². The molecule has 4 nitrogen and oxygen atoms in total. The minimum atomic E-state index is -0.101. The van der Waals surface area contributed by atoms with Crippen LogP contribution in [0.2, 0.25) is 0 Å². The Labute approximate surface area is 192 Å². The highest BCUT2D eigenvalue weighted by molar-refractivity contribution is 9.10. The summed E-state index contributed by atoms with van der Waals surface area (Å²) in [6.45, 7) is 0. The van der Waals surface area contributed by atoms with E-state index in [1.54, 1.807) is 0 Å². The van der Waals surface area contributed by atoms with Gasteiger partial charge in [-0.15, -0.1) is 0 Å². The van der Waals surface area contributed by atoms with Crippen molar-refractivity contribution < 1.29 is 0 Å². The first kappa shape index (κ1) is 19.3. The van der Waals surface area contributed by atoms with Crippen molar-refractivity contribution in [3.05, 3.63) is 117 Å². The van der Waals surface area contributed by atoms with Crippen molar-refractivity contribution in [2.45, 2.75) is 12.1 Å². The van der Waals surface area contributed by atoms with Crippen LogP contribution in [0.15, 0.2) is 94.1 Å². The molecule has 2 aromatic heterocycles. The average Bonchev–Trinajstić information content (AvgIpc) is 2.77. The summed E-state index contributed by atoms with van der Waals surface area (Å²) in [5.41, 5.74) is 6.26. The second-order valence-electron chi connectivity index (χ2n) is 7.13. The van der Waals surface area contributed by atoms with Gasteiger partial charge in [0.2, 0.25) is 0 Å². The van der Waals surface area contributed by atoms with Crippen LogP contribution in [-0.2, 0) is 0 Å². The molecule has 30 heavy (non-hydrogen) atoms. The third-order valence-electron chi connectivity index (χ3n) is 5.22. The van der Waals surface area contributed by atoms with Crippen molar-refractivity contribution in [2.24, 2.45) is 0 Å². The van der Waals surface area contributed by atoms with Crippen LogP contribution in [0.25, 0.3) is 0 Å². The molecule has 3 heterocycles. The number of anilines is 2. The zero-order valence-corrected chi connectivity index (χ0v) is 19.1. The van der Waals surface area contributed by atoms with Crippen molar-refractivity contribution in [1.82, 2.24) is 9.97 Å². The number of nitrogens with one attached hydrogen (secondary N) is 2. The number of fused-ring (bicyclic) bond motifs is 2. The Kier molecular flexibility index (Phi) is 5.27. The molecule has 1 aliphatic heterocycles. The monoisotopic (exact) mass is 520 g/mol. The van der Waals surface area contributed by atoms with Crippen molar-refractivity contribution >= 4 is 43.2 Å². The average molecular weight is 522 g/mol. The predicted octanol–water partition coefficient (Wildman–Crippen LogP) is 6.72. The van der Waals surface area contributed by atoms with Gasteiger partial charge in [0.1, 0.15) is 0 Å². The first-order chi connectivity index (χ1) is 14.7. The molecule has 148 valence electrons. The van der Waals surface area contributed by atoms with E-state index in [4.69, 9.17) is 0 Å². The Bertz CT molecular complexity index is 1090. The van der Waals surface area contributed by atoms with Crippen molar-refractivity contribution in [1.29, 1.82) is 0 Å². The Balaban J connectivity index is 1.73. The highest BCUT2D eigenvalue weighted by Gasteiger charge is 2.28. The van der Waals surface area contributed by atoms with Crippen LogP contribution in [0.1, 0.15) is 34.6 Å². The summed E-state index contributed by atoms with van der Waals surface area (Å²) in [6, 6.07) is 24.4. The molecule has 2 aromatic carbocycles. The number of hydrogen-bond acceptors (Lipinski definition) is 4. The van der Waals surface area contributed by atoms with Crippen LogP contribution >= 0.6 is 31.9 Å². The highest BCUT2D eigenvalue weighted by Crippen LogP contribution is 2.41. The molecular weight excluding hydrogens is 504 g/mol. The lowest BCUT2D eigenvalue weighted by Gasteiger charge is -2.32. The Morgan fingerprint density at radius 2 is 1.07 bits per heavy atom. The molecular formula is C24H18Br2N4. The zero-order valence-electron chi connectivity index (χ0n) is 15.9. The van der Waals surface area contributed by atoms with Crippen LogP contribution in [0, 0.1) is 0 Å². The lowest BCUT2D eigenvalue weighted by molar-refractivity contribution is 0.828. The smallest absolute Gasteiger partial charge is 0.0960 e. The number of pyridine rings is 2. The van der Waals surface area contributed by atoms with E-state index >= 15 is 0 Å². The summed E-state index contributed by atoms with van der Waals surface area (Å²) in [6.07, 6.45) is 3.67. The first-order valence-electron chi connectivity index (χ1n) is 9.63. The first-order valence-corrected chi connectivity index (χ1v) is 11.2. The molecule has 0 bridgehead atoms. The molecule has 5 rings (SSSR count). The van der Waals surface area contributed by atoms with Gasteiger partial charge in [-0.2, -0.15) is 0 Å².